The summed E-state index contributed by atoms with van der Waals surface area (Å²) in [6.45, 7) is 8.86. The van der Waals surface area contributed by atoms with Crippen molar-refractivity contribution in [2.75, 3.05) is 0 Å². The second kappa shape index (κ2) is 6.56. The molecule has 1 amide bonds. The zero-order valence-corrected chi connectivity index (χ0v) is 13.0. The van der Waals surface area contributed by atoms with Crippen molar-refractivity contribution in [1.82, 2.24) is 10.3 Å². The van der Waals surface area contributed by atoms with Crippen LogP contribution < -0.4 is 10.9 Å². The van der Waals surface area contributed by atoms with Gasteiger partial charge in [-0.2, -0.15) is 0 Å². The summed E-state index contributed by atoms with van der Waals surface area (Å²) in [6.07, 6.45) is 1.44. The number of aromatic nitrogens is 1. The molecule has 0 radical (unpaired) electrons. The van der Waals surface area contributed by atoms with Gasteiger partial charge in [-0.3, -0.25) is 9.59 Å². The number of carbonyl (C=O) groups is 2. The molecule has 116 valence electrons. The molecule has 0 unspecified atom stereocenters. The fraction of sp³-hybridized carbons (Fsp3) is 0.533. The van der Waals surface area contributed by atoms with E-state index >= 15 is 0 Å². The Balaban J connectivity index is 2.89. The first-order chi connectivity index (χ1) is 9.61. The number of rotatable bonds is 4. The summed E-state index contributed by atoms with van der Waals surface area (Å²) >= 11 is 0. The lowest BCUT2D eigenvalue weighted by Gasteiger charge is -2.26. The predicted molar refractivity (Wildman–Crippen MR) is 79.0 cm³/mol. The largest absolute Gasteiger partial charge is 0.458 e. The molecule has 0 saturated carbocycles. The lowest BCUT2D eigenvalue weighted by molar-refractivity contribution is -0.158. The second-order valence-electron chi connectivity index (χ2n) is 6.14. The molecular formula is C15H22N2O4. The molecule has 1 heterocycles. The first-order valence-corrected chi connectivity index (χ1v) is 6.83. The first kappa shape index (κ1) is 16.9. The van der Waals surface area contributed by atoms with Crippen molar-refractivity contribution < 1.29 is 14.3 Å². The number of aromatic amines is 1. The van der Waals surface area contributed by atoms with Crippen LogP contribution in [0.25, 0.3) is 0 Å². The van der Waals surface area contributed by atoms with Crippen LogP contribution in [0.2, 0.25) is 0 Å². The van der Waals surface area contributed by atoms with Gasteiger partial charge in [-0.05, 0) is 38.8 Å². The summed E-state index contributed by atoms with van der Waals surface area (Å²) < 4.78 is 5.29. The highest BCUT2D eigenvalue weighted by atomic mass is 16.6. The van der Waals surface area contributed by atoms with Crippen molar-refractivity contribution in [2.24, 2.45) is 5.92 Å². The minimum atomic E-state index is -0.809. The van der Waals surface area contributed by atoms with E-state index in [1.165, 1.54) is 12.3 Å². The number of hydrogen-bond acceptors (Lipinski definition) is 4. The lowest BCUT2D eigenvalue weighted by atomic mass is 10.0. The second-order valence-corrected chi connectivity index (χ2v) is 6.14. The van der Waals surface area contributed by atoms with Crippen molar-refractivity contribution in [2.45, 2.75) is 46.3 Å². The van der Waals surface area contributed by atoms with Gasteiger partial charge in [0.05, 0.1) is 0 Å². The van der Waals surface area contributed by atoms with E-state index in [2.05, 4.69) is 10.3 Å². The molecule has 0 bridgehead atoms. The lowest BCUT2D eigenvalue weighted by Crippen LogP contribution is -2.48. The van der Waals surface area contributed by atoms with E-state index in [-0.39, 0.29) is 11.5 Å². The van der Waals surface area contributed by atoms with Crippen molar-refractivity contribution in [3.05, 3.63) is 34.2 Å². The molecule has 1 aromatic rings. The number of H-pyrrole nitrogens is 1. The van der Waals surface area contributed by atoms with Crippen LogP contribution in [0.3, 0.4) is 0 Å². The number of pyridine rings is 1. The Morgan fingerprint density at radius 1 is 1.29 bits per heavy atom. The number of ether oxygens (including phenoxy) is 1. The molecule has 0 saturated heterocycles. The smallest absolute Gasteiger partial charge is 0.329 e. The molecule has 21 heavy (non-hydrogen) atoms. The Morgan fingerprint density at radius 3 is 2.38 bits per heavy atom. The van der Waals surface area contributed by atoms with Crippen LogP contribution in [0.4, 0.5) is 0 Å². The van der Waals surface area contributed by atoms with Gasteiger partial charge < -0.3 is 15.0 Å². The molecular weight excluding hydrogens is 272 g/mol. The molecule has 0 aliphatic heterocycles. The molecule has 0 spiro atoms. The Labute approximate surface area is 123 Å². The number of esters is 1. The molecule has 6 heteroatoms. The average Bonchev–Trinajstić information content (AvgIpc) is 2.33. The first-order valence-electron chi connectivity index (χ1n) is 6.83. The summed E-state index contributed by atoms with van der Waals surface area (Å²) in [7, 11) is 0. The van der Waals surface area contributed by atoms with Gasteiger partial charge in [0.25, 0.3) is 11.5 Å². The summed E-state index contributed by atoms with van der Waals surface area (Å²) in [5.41, 5.74) is -1.17. The fourth-order valence-corrected chi connectivity index (χ4v) is 1.68. The van der Waals surface area contributed by atoms with Gasteiger partial charge in [-0.15, -0.1) is 0 Å². The summed E-state index contributed by atoms with van der Waals surface area (Å²) in [5, 5.41) is 2.56. The van der Waals surface area contributed by atoms with Crippen LogP contribution in [0.1, 0.15) is 45.0 Å². The van der Waals surface area contributed by atoms with Crippen molar-refractivity contribution >= 4 is 11.9 Å². The van der Waals surface area contributed by atoms with E-state index in [0.29, 0.717) is 0 Å². The van der Waals surface area contributed by atoms with Crippen molar-refractivity contribution in [3.63, 3.8) is 0 Å². The van der Waals surface area contributed by atoms with Gasteiger partial charge in [-0.1, -0.05) is 13.8 Å². The van der Waals surface area contributed by atoms with Gasteiger partial charge in [0.15, 0.2) is 0 Å². The SMILES string of the molecule is CC(C)[C@H](NC(=O)c1ccc[nH]c1=O)C(=O)OC(C)(C)C. The van der Waals surface area contributed by atoms with Gasteiger partial charge >= 0.3 is 5.97 Å². The standard InChI is InChI=1S/C15H22N2O4/c1-9(2)11(14(20)21-15(3,4)5)17-13(19)10-7-6-8-16-12(10)18/h6-9,11H,1-5H3,(H,16,18)(H,17,19)/t11-/m0/s1. The third-order valence-corrected chi connectivity index (χ3v) is 2.68. The molecule has 2 N–H and O–H groups in total. The highest BCUT2D eigenvalue weighted by Gasteiger charge is 2.29. The minimum absolute atomic E-state index is 0.0355. The van der Waals surface area contributed by atoms with Crippen molar-refractivity contribution in [1.29, 1.82) is 0 Å². The number of amides is 1. The van der Waals surface area contributed by atoms with Gasteiger partial charge in [-0.25, -0.2) is 4.79 Å². The van der Waals surface area contributed by atoms with Crippen LogP contribution in [0, 0.1) is 5.92 Å². The van der Waals surface area contributed by atoms with Gasteiger partial charge in [0.1, 0.15) is 17.2 Å². The van der Waals surface area contributed by atoms with Gasteiger partial charge in [0, 0.05) is 6.20 Å². The minimum Gasteiger partial charge on any atom is -0.458 e. The van der Waals surface area contributed by atoms with Crippen LogP contribution in [0.5, 0.6) is 0 Å². The normalized spacial score (nSPS) is 12.9. The highest BCUT2D eigenvalue weighted by molar-refractivity contribution is 5.96. The van der Waals surface area contributed by atoms with E-state index in [9.17, 15) is 14.4 Å². The third-order valence-electron chi connectivity index (χ3n) is 2.68. The maximum atomic E-state index is 12.1. The van der Waals surface area contributed by atoms with Crippen LogP contribution in [-0.4, -0.2) is 28.5 Å². The zero-order valence-electron chi connectivity index (χ0n) is 13.0. The number of carbonyl (C=O) groups excluding carboxylic acids is 2. The number of hydrogen-bond donors (Lipinski definition) is 2. The molecule has 0 aliphatic rings. The third kappa shape index (κ3) is 5.06. The Morgan fingerprint density at radius 2 is 1.90 bits per heavy atom. The maximum absolute atomic E-state index is 12.1. The molecule has 1 aromatic heterocycles. The van der Waals surface area contributed by atoms with E-state index in [1.54, 1.807) is 40.7 Å². The van der Waals surface area contributed by atoms with Crippen molar-refractivity contribution in [3.8, 4) is 0 Å². The van der Waals surface area contributed by atoms with Crippen LogP contribution in [0.15, 0.2) is 23.1 Å². The van der Waals surface area contributed by atoms with Crippen LogP contribution >= 0.6 is 0 Å². The quantitative estimate of drug-likeness (QED) is 0.823. The van der Waals surface area contributed by atoms with Crippen LogP contribution in [-0.2, 0) is 9.53 Å². The van der Waals surface area contributed by atoms with E-state index < -0.39 is 29.1 Å². The molecule has 1 rings (SSSR count). The molecule has 0 fully saturated rings. The predicted octanol–water partition coefficient (Wildman–Crippen LogP) is 1.47. The highest BCUT2D eigenvalue weighted by Crippen LogP contribution is 2.12. The van der Waals surface area contributed by atoms with E-state index in [1.807, 2.05) is 0 Å². The van der Waals surface area contributed by atoms with E-state index in [0.717, 1.165) is 0 Å². The Bertz CT molecular complexity index is 570. The zero-order chi connectivity index (χ0) is 16.2. The topological polar surface area (TPSA) is 88.3 Å². The molecule has 6 nitrogen and oxygen atoms in total. The monoisotopic (exact) mass is 294 g/mol. The molecule has 0 aromatic carbocycles. The molecule has 0 aliphatic carbocycles. The average molecular weight is 294 g/mol. The summed E-state index contributed by atoms with van der Waals surface area (Å²) in [5.74, 6) is -1.27. The number of nitrogens with one attached hydrogen (secondary N) is 2. The molecule has 1 atom stereocenters. The maximum Gasteiger partial charge on any atom is 0.329 e. The summed E-state index contributed by atoms with van der Waals surface area (Å²) in [6, 6.07) is 2.14. The Kier molecular flexibility index (Phi) is 5.29. The fourth-order valence-electron chi connectivity index (χ4n) is 1.68. The Hall–Kier alpha value is -2.11. The summed E-state index contributed by atoms with van der Waals surface area (Å²) in [4.78, 5) is 38.2. The van der Waals surface area contributed by atoms with E-state index in [4.69, 9.17) is 4.74 Å². The van der Waals surface area contributed by atoms with Gasteiger partial charge in [0.2, 0.25) is 0 Å².